The van der Waals surface area contributed by atoms with Crippen LogP contribution in [0, 0.1) is 0 Å². The van der Waals surface area contributed by atoms with Gasteiger partial charge in [-0.1, -0.05) is 37.4 Å². The quantitative estimate of drug-likeness (QED) is 0.776. The molecule has 0 spiro atoms. The summed E-state index contributed by atoms with van der Waals surface area (Å²) in [5.41, 5.74) is 0.116. The fraction of sp³-hybridized carbons (Fsp3) is 0.417. The number of aromatic nitrogens is 1. The van der Waals surface area contributed by atoms with Crippen LogP contribution < -0.4 is 5.32 Å². The molecule has 0 aliphatic carbocycles. The number of carbonyl (C=O) groups is 2. The van der Waals surface area contributed by atoms with Crippen molar-refractivity contribution >= 4 is 23.5 Å². The van der Waals surface area contributed by atoms with Gasteiger partial charge >= 0.3 is 5.97 Å². The van der Waals surface area contributed by atoms with E-state index < -0.39 is 17.9 Å². The number of nitrogens with one attached hydrogen (secondary N) is 1. The standard InChI is InChI=1S/C12H15ClN2O3/c1-2-3-5-9(12(17)18)15-11(16)8-6-4-7-10(13)14-8/h4,6-7,9H,2-3,5H2,1H3,(H,15,16)(H,17,18)/t9-/m0/s1. The van der Waals surface area contributed by atoms with Crippen LogP contribution in [0.4, 0.5) is 0 Å². The lowest BCUT2D eigenvalue weighted by molar-refractivity contribution is -0.139. The minimum absolute atomic E-state index is 0.116. The molecule has 1 aromatic rings. The van der Waals surface area contributed by atoms with Gasteiger partial charge in [-0.05, 0) is 18.6 Å². The summed E-state index contributed by atoms with van der Waals surface area (Å²) in [5.74, 6) is -1.57. The minimum atomic E-state index is -1.04. The van der Waals surface area contributed by atoms with Crippen molar-refractivity contribution in [1.29, 1.82) is 0 Å². The first-order valence-electron chi connectivity index (χ1n) is 5.70. The topological polar surface area (TPSA) is 79.3 Å². The highest BCUT2D eigenvalue weighted by molar-refractivity contribution is 6.29. The third kappa shape index (κ3) is 4.33. The molecule has 5 nitrogen and oxygen atoms in total. The lowest BCUT2D eigenvalue weighted by atomic mass is 10.1. The molecule has 2 N–H and O–H groups in total. The van der Waals surface area contributed by atoms with Crippen LogP contribution in [0.25, 0.3) is 0 Å². The monoisotopic (exact) mass is 270 g/mol. The number of nitrogens with zero attached hydrogens (tertiary/aromatic N) is 1. The van der Waals surface area contributed by atoms with E-state index in [4.69, 9.17) is 16.7 Å². The maximum absolute atomic E-state index is 11.8. The Bertz CT molecular complexity index is 437. The van der Waals surface area contributed by atoms with E-state index in [2.05, 4.69) is 10.3 Å². The van der Waals surface area contributed by atoms with Crippen molar-refractivity contribution in [3.05, 3.63) is 29.0 Å². The van der Waals surface area contributed by atoms with Crippen LogP contribution in [0.15, 0.2) is 18.2 Å². The molecule has 0 radical (unpaired) electrons. The van der Waals surface area contributed by atoms with Crippen molar-refractivity contribution < 1.29 is 14.7 Å². The Balaban J connectivity index is 2.69. The largest absolute Gasteiger partial charge is 0.480 e. The van der Waals surface area contributed by atoms with Crippen LogP contribution in [-0.2, 0) is 4.79 Å². The van der Waals surface area contributed by atoms with Gasteiger partial charge in [0.1, 0.15) is 16.9 Å². The average Bonchev–Trinajstić information content (AvgIpc) is 2.33. The van der Waals surface area contributed by atoms with Gasteiger partial charge in [0.15, 0.2) is 0 Å². The minimum Gasteiger partial charge on any atom is -0.480 e. The summed E-state index contributed by atoms with van der Waals surface area (Å²) in [4.78, 5) is 26.6. The van der Waals surface area contributed by atoms with E-state index in [9.17, 15) is 9.59 Å². The van der Waals surface area contributed by atoms with Gasteiger partial charge in [-0.3, -0.25) is 4.79 Å². The maximum Gasteiger partial charge on any atom is 0.326 e. The fourth-order valence-corrected chi connectivity index (χ4v) is 1.60. The second-order valence-corrected chi connectivity index (χ2v) is 4.24. The molecule has 1 rings (SSSR count). The lowest BCUT2D eigenvalue weighted by Gasteiger charge is -2.13. The van der Waals surface area contributed by atoms with Crippen LogP contribution in [0.3, 0.4) is 0 Å². The zero-order valence-electron chi connectivity index (χ0n) is 10.0. The van der Waals surface area contributed by atoms with Crippen LogP contribution >= 0.6 is 11.6 Å². The number of pyridine rings is 1. The SMILES string of the molecule is CCCC[C@H](NC(=O)c1cccc(Cl)n1)C(=O)O. The molecular formula is C12H15ClN2O3. The number of amides is 1. The van der Waals surface area contributed by atoms with Gasteiger partial charge in [-0.25, -0.2) is 9.78 Å². The normalized spacial score (nSPS) is 11.9. The molecule has 0 aliphatic heterocycles. The zero-order valence-corrected chi connectivity index (χ0v) is 10.8. The Kier molecular flexibility index (Phi) is 5.58. The molecule has 98 valence electrons. The van der Waals surface area contributed by atoms with E-state index in [1.165, 1.54) is 6.07 Å². The first-order chi connectivity index (χ1) is 8.54. The van der Waals surface area contributed by atoms with E-state index in [0.29, 0.717) is 6.42 Å². The lowest BCUT2D eigenvalue weighted by Crippen LogP contribution is -2.41. The van der Waals surface area contributed by atoms with Crippen molar-refractivity contribution in [2.24, 2.45) is 0 Å². The molecule has 0 saturated carbocycles. The molecule has 1 amide bonds. The summed E-state index contributed by atoms with van der Waals surface area (Å²) in [5, 5.41) is 11.6. The van der Waals surface area contributed by atoms with Crippen molar-refractivity contribution in [2.75, 3.05) is 0 Å². The maximum atomic E-state index is 11.8. The predicted molar refractivity (Wildman–Crippen MR) is 67.7 cm³/mol. The van der Waals surface area contributed by atoms with Crippen molar-refractivity contribution in [3.8, 4) is 0 Å². The number of unbranched alkanes of at least 4 members (excludes halogenated alkanes) is 1. The summed E-state index contributed by atoms with van der Waals surface area (Å²) in [6.07, 6.45) is 2.01. The first-order valence-corrected chi connectivity index (χ1v) is 6.08. The molecule has 0 aromatic carbocycles. The van der Waals surface area contributed by atoms with Gasteiger partial charge in [-0.15, -0.1) is 0 Å². The highest BCUT2D eigenvalue weighted by Crippen LogP contribution is 2.06. The summed E-state index contributed by atoms with van der Waals surface area (Å²) >= 11 is 5.66. The molecule has 1 heterocycles. The predicted octanol–water partition coefficient (Wildman–Crippen LogP) is 2.11. The van der Waals surface area contributed by atoms with Crippen LogP contribution in [-0.4, -0.2) is 28.0 Å². The van der Waals surface area contributed by atoms with E-state index in [1.54, 1.807) is 12.1 Å². The molecule has 1 aromatic heterocycles. The van der Waals surface area contributed by atoms with E-state index in [0.717, 1.165) is 12.8 Å². The molecule has 1 atom stereocenters. The van der Waals surface area contributed by atoms with Gasteiger partial charge in [0.25, 0.3) is 5.91 Å². The van der Waals surface area contributed by atoms with E-state index in [-0.39, 0.29) is 10.8 Å². The number of carbonyl (C=O) groups excluding carboxylic acids is 1. The molecule has 18 heavy (non-hydrogen) atoms. The Hall–Kier alpha value is -1.62. The van der Waals surface area contributed by atoms with Gasteiger partial charge in [0, 0.05) is 0 Å². The molecular weight excluding hydrogens is 256 g/mol. The zero-order chi connectivity index (χ0) is 13.5. The van der Waals surface area contributed by atoms with Gasteiger partial charge in [-0.2, -0.15) is 0 Å². The summed E-state index contributed by atoms with van der Waals surface area (Å²) < 4.78 is 0. The number of rotatable bonds is 6. The molecule has 0 unspecified atom stereocenters. The Morgan fingerprint density at radius 1 is 1.50 bits per heavy atom. The van der Waals surface area contributed by atoms with Gasteiger partial charge in [0.2, 0.25) is 0 Å². The van der Waals surface area contributed by atoms with Crippen molar-refractivity contribution in [2.45, 2.75) is 32.2 Å². The highest BCUT2D eigenvalue weighted by Gasteiger charge is 2.20. The number of aliphatic carboxylic acids is 1. The molecule has 0 bridgehead atoms. The van der Waals surface area contributed by atoms with Gasteiger partial charge < -0.3 is 10.4 Å². The number of hydrogen-bond donors (Lipinski definition) is 2. The van der Waals surface area contributed by atoms with Crippen molar-refractivity contribution in [3.63, 3.8) is 0 Å². The second-order valence-electron chi connectivity index (χ2n) is 3.85. The Labute approximate surface area is 110 Å². The third-order valence-electron chi connectivity index (χ3n) is 2.40. The average molecular weight is 271 g/mol. The van der Waals surface area contributed by atoms with E-state index in [1.807, 2.05) is 6.92 Å². The van der Waals surface area contributed by atoms with Crippen LogP contribution in [0.5, 0.6) is 0 Å². The number of halogens is 1. The first kappa shape index (κ1) is 14.4. The van der Waals surface area contributed by atoms with Crippen LogP contribution in [0.1, 0.15) is 36.7 Å². The smallest absolute Gasteiger partial charge is 0.326 e. The Morgan fingerprint density at radius 3 is 2.78 bits per heavy atom. The van der Waals surface area contributed by atoms with E-state index >= 15 is 0 Å². The third-order valence-corrected chi connectivity index (χ3v) is 2.61. The summed E-state index contributed by atoms with van der Waals surface area (Å²) in [6.45, 7) is 1.96. The van der Waals surface area contributed by atoms with Crippen molar-refractivity contribution in [1.82, 2.24) is 10.3 Å². The van der Waals surface area contributed by atoms with Gasteiger partial charge in [0.05, 0.1) is 0 Å². The Morgan fingerprint density at radius 2 is 2.22 bits per heavy atom. The fourth-order valence-electron chi connectivity index (χ4n) is 1.43. The summed E-state index contributed by atoms with van der Waals surface area (Å²) in [7, 11) is 0. The molecule has 0 fully saturated rings. The second kappa shape index (κ2) is 6.96. The molecule has 6 heteroatoms. The molecule has 0 saturated heterocycles. The number of carboxylic acids is 1. The van der Waals surface area contributed by atoms with Crippen LogP contribution in [0.2, 0.25) is 5.15 Å². The number of hydrogen-bond acceptors (Lipinski definition) is 3. The summed E-state index contributed by atoms with van der Waals surface area (Å²) in [6, 6.07) is 3.73. The highest BCUT2D eigenvalue weighted by atomic mass is 35.5. The molecule has 0 aliphatic rings. The number of carboxylic acid groups (broad SMARTS) is 1.